The molecule has 8 amide bonds. The molecule has 1 aliphatic carbocycles. The summed E-state index contributed by atoms with van der Waals surface area (Å²) in [4.78, 5) is 112. The molecule has 1 aromatic carbocycles. The first-order valence-corrected chi connectivity index (χ1v) is 28.4. The molecule has 1 spiro atoms. The van der Waals surface area contributed by atoms with Crippen molar-refractivity contribution in [3.63, 3.8) is 0 Å². The minimum absolute atomic E-state index is 0.0179. The lowest BCUT2D eigenvalue weighted by Gasteiger charge is -2.42. The molecule has 4 rings (SSSR count). The second kappa shape index (κ2) is 29.5. The van der Waals surface area contributed by atoms with Crippen molar-refractivity contribution in [1.82, 2.24) is 41.7 Å². The Kier molecular flexibility index (Phi) is 24.7. The first-order chi connectivity index (χ1) is 37.4. The van der Waals surface area contributed by atoms with Gasteiger partial charge in [0.2, 0.25) is 41.4 Å². The number of carbonyl (C=O) groups is 8. The van der Waals surface area contributed by atoms with E-state index in [0.717, 1.165) is 12.0 Å². The highest BCUT2D eigenvalue weighted by atomic mass is 16.6. The zero-order valence-electron chi connectivity index (χ0n) is 50.4. The number of imide groups is 1. The van der Waals surface area contributed by atoms with Crippen molar-refractivity contribution in [1.29, 1.82) is 0 Å². The number of allylic oxidation sites excluding steroid dienone is 1. The lowest BCUT2D eigenvalue weighted by molar-refractivity contribution is -0.142. The number of alkyl carbamates (subject to hydrolysis) is 1. The number of hydrogen-bond acceptors (Lipinski definition) is 14. The largest absolute Gasteiger partial charge is 0.443 e. The predicted octanol–water partition coefficient (Wildman–Crippen LogP) is 3.80. The van der Waals surface area contributed by atoms with Crippen LogP contribution in [0, 0.1) is 34.5 Å². The van der Waals surface area contributed by atoms with Crippen molar-refractivity contribution in [3.8, 4) is 0 Å². The fraction of sp³-hybridized carbons (Fsp3) is 0.729. The summed E-state index contributed by atoms with van der Waals surface area (Å²) < 4.78 is 24.0. The van der Waals surface area contributed by atoms with Crippen LogP contribution in [-0.2, 0) is 58.9 Å². The van der Waals surface area contributed by atoms with E-state index in [1.54, 1.807) is 64.2 Å². The molecule has 0 radical (unpaired) electrons. The Morgan fingerprint density at radius 1 is 0.850 bits per heavy atom. The molecule has 450 valence electrons. The smallest absolute Gasteiger partial charge is 0.414 e. The van der Waals surface area contributed by atoms with Crippen LogP contribution < -0.4 is 31.9 Å². The Hall–Kier alpha value is -5.48. The number of aliphatic hydroxyl groups excluding tert-OH is 1. The molecule has 21 nitrogen and oxygen atoms in total. The van der Waals surface area contributed by atoms with Gasteiger partial charge >= 0.3 is 6.09 Å². The third-order valence-electron chi connectivity index (χ3n) is 16.0. The minimum atomic E-state index is -1.17. The van der Waals surface area contributed by atoms with Gasteiger partial charge in [-0.1, -0.05) is 97.4 Å². The topological polar surface area (TPSA) is 279 Å². The second-order valence-electron chi connectivity index (χ2n) is 24.8. The van der Waals surface area contributed by atoms with Crippen molar-refractivity contribution in [2.24, 2.45) is 34.5 Å². The molecule has 7 N–H and O–H groups in total. The number of nitrogens with zero attached hydrogens (tertiary/aromatic N) is 2. The first kappa shape index (κ1) is 67.0. The predicted molar refractivity (Wildman–Crippen MR) is 302 cm³/mol. The van der Waals surface area contributed by atoms with Crippen molar-refractivity contribution < 1.29 is 62.4 Å². The normalized spacial score (nSPS) is 23.9. The zero-order valence-corrected chi connectivity index (χ0v) is 50.4. The highest BCUT2D eigenvalue weighted by Gasteiger charge is 2.72. The van der Waals surface area contributed by atoms with Crippen LogP contribution in [0.25, 0.3) is 0 Å². The van der Waals surface area contributed by atoms with Crippen molar-refractivity contribution in [2.45, 2.75) is 176 Å². The molecular weight excluding hydrogens is 1030 g/mol. The average Bonchev–Trinajstić information content (AvgIpc) is 4.35. The maximum Gasteiger partial charge on any atom is 0.414 e. The van der Waals surface area contributed by atoms with Crippen molar-refractivity contribution in [3.05, 3.63) is 47.5 Å². The van der Waals surface area contributed by atoms with Gasteiger partial charge in [0.05, 0.1) is 44.4 Å². The molecule has 6 unspecified atom stereocenters. The van der Waals surface area contributed by atoms with Gasteiger partial charge in [0, 0.05) is 51.0 Å². The molecule has 21 heteroatoms. The van der Waals surface area contributed by atoms with Gasteiger partial charge in [-0.15, -0.1) is 0 Å². The van der Waals surface area contributed by atoms with Gasteiger partial charge in [-0.2, -0.15) is 0 Å². The van der Waals surface area contributed by atoms with Crippen LogP contribution in [0.3, 0.4) is 0 Å². The Morgan fingerprint density at radius 3 is 2.09 bits per heavy atom. The molecule has 11 atom stereocenters. The fourth-order valence-corrected chi connectivity index (χ4v) is 11.2. The Balaban J connectivity index is 1.30. The van der Waals surface area contributed by atoms with Crippen LogP contribution in [0.5, 0.6) is 0 Å². The number of carbonyl (C=O) groups excluding carboxylic acids is 8. The summed E-state index contributed by atoms with van der Waals surface area (Å²) in [5.74, 6) is -4.04. The van der Waals surface area contributed by atoms with Crippen LogP contribution in [0.2, 0.25) is 0 Å². The van der Waals surface area contributed by atoms with Crippen LogP contribution in [0.15, 0.2) is 42.0 Å². The van der Waals surface area contributed by atoms with Gasteiger partial charge in [-0.25, -0.2) is 4.79 Å². The van der Waals surface area contributed by atoms with E-state index in [4.69, 9.17) is 18.9 Å². The van der Waals surface area contributed by atoms with E-state index >= 15 is 0 Å². The molecule has 1 aromatic rings. The number of rotatable bonds is 31. The summed E-state index contributed by atoms with van der Waals surface area (Å²) >= 11 is 0. The number of epoxide rings is 2. The molecule has 2 aliphatic heterocycles. The van der Waals surface area contributed by atoms with E-state index in [0.29, 0.717) is 25.9 Å². The summed E-state index contributed by atoms with van der Waals surface area (Å²) in [5, 5.41) is 26.0. The number of amides is 8. The zero-order chi connectivity index (χ0) is 59.9. The molecular formula is C59H96N8O13. The number of aliphatic hydroxyl groups is 1. The van der Waals surface area contributed by atoms with E-state index in [1.807, 2.05) is 68.4 Å². The summed E-state index contributed by atoms with van der Waals surface area (Å²) in [6.07, 6.45) is 2.16. The fourth-order valence-electron chi connectivity index (χ4n) is 11.2. The highest BCUT2D eigenvalue weighted by molar-refractivity contribution is 5.95. The molecule has 2 saturated heterocycles. The summed E-state index contributed by atoms with van der Waals surface area (Å²) in [7, 11) is 4.79. The van der Waals surface area contributed by atoms with Crippen LogP contribution >= 0.6 is 0 Å². The first-order valence-electron chi connectivity index (χ1n) is 28.4. The number of ether oxygens (including phenoxy) is 4. The van der Waals surface area contributed by atoms with Gasteiger partial charge in [0.25, 0.3) is 0 Å². The third kappa shape index (κ3) is 19.3. The van der Waals surface area contributed by atoms with Gasteiger partial charge in [0.15, 0.2) is 0 Å². The van der Waals surface area contributed by atoms with Gasteiger partial charge in [-0.05, 0) is 96.6 Å². The number of hydrogen-bond donors (Lipinski definition) is 7. The summed E-state index contributed by atoms with van der Waals surface area (Å²) in [5.41, 5.74) is -1.07. The van der Waals surface area contributed by atoms with E-state index < -0.39 is 107 Å². The quantitative estimate of drug-likeness (QED) is 0.0412. The SMILES string of the molecule is COC1C(OC(=O)NC(=O)CN(C)CCN(C)C(=O)CNC(=O)[C@H](CC(C)C)NC(=O)[C@H](Cc2ccccc2)NC(=O)CNC(=O)C(C)(CC(C)(CC(C)C)C(=O)NCC(C)O)C(C)C)CC[C@]2(CO2)C1[C@@]1(C)O[C@@H]1CC=C(C)C. The van der Waals surface area contributed by atoms with Crippen LogP contribution in [0.4, 0.5) is 4.79 Å². The summed E-state index contributed by atoms with van der Waals surface area (Å²) in [6.45, 7) is 22.8. The molecule has 0 bridgehead atoms. The monoisotopic (exact) mass is 1120 g/mol. The Bertz CT molecular complexity index is 2320. The van der Waals surface area contributed by atoms with Gasteiger partial charge in [-0.3, -0.25) is 43.8 Å². The number of benzene rings is 1. The molecule has 1 saturated carbocycles. The van der Waals surface area contributed by atoms with E-state index in [1.165, 1.54) is 10.5 Å². The lowest BCUT2D eigenvalue weighted by atomic mass is 9.64. The van der Waals surface area contributed by atoms with E-state index in [2.05, 4.69) is 44.9 Å². The molecule has 3 fully saturated rings. The second-order valence-corrected chi connectivity index (χ2v) is 24.8. The summed E-state index contributed by atoms with van der Waals surface area (Å²) in [6, 6.07) is 6.76. The Morgan fingerprint density at radius 2 is 1.51 bits per heavy atom. The van der Waals surface area contributed by atoms with E-state index in [9.17, 15) is 43.5 Å². The number of methoxy groups -OCH3 is 1. The number of nitrogens with one attached hydrogen (secondary N) is 6. The average molecular weight is 1130 g/mol. The molecule has 0 aromatic heterocycles. The maximum absolute atomic E-state index is 14.1. The standard InChI is InChI=1S/C59H96N8O13/c1-36(2)21-22-45-58(12,80-45)50-49(77-15)44(23-24-59(50)35-78-59)79-55(76)65-47(70)33-66(13)25-26-67(14)48(71)32-60-51(72)42(27-37(3)4)64-52(73)43(28-41-19-17-16-18-20-41)63-46(69)31-62-54(75)57(11,39(7)8)34-56(10,29-38(5)6)53(74)61-30-40(9)68/h16-21,37-40,42-45,49-50,68H,22-35H2,1-15H3,(H,60,72)(H,61,74)(H,62,75)(H,63,69)(H,64,73)(H,65,70,76)/t40?,42-,43-,44?,45+,49?,50?,56?,57?,58-,59-/m0/s1. The molecule has 3 aliphatic rings. The maximum atomic E-state index is 14.1. The van der Waals surface area contributed by atoms with Gasteiger partial charge < -0.3 is 55.5 Å². The van der Waals surface area contributed by atoms with Crippen molar-refractivity contribution >= 4 is 47.4 Å². The molecule has 2 heterocycles. The van der Waals surface area contributed by atoms with E-state index in [-0.39, 0.29) is 81.1 Å². The lowest BCUT2D eigenvalue weighted by Crippen LogP contribution is -2.57. The van der Waals surface area contributed by atoms with Crippen LogP contribution in [0.1, 0.15) is 127 Å². The number of likely N-dealkylation sites (N-methyl/N-ethyl adjacent to an activating group) is 2. The minimum Gasteiger partial charge on any atom is -0.443 e. The van der Waals surface area contributed by atoms with Crippen LogP contribution in [-0.4, -0.2) is 177 Å². The van der Waals surface area contributed by atoms with Gasteiger partial charge in [0.1, 0.15) is 35.5 Å². The Labute approximate surface area is 474 Å². The third-order valence-corrected chi connectivity index (χ3v) is 16.0. The molecule has 80 heavy (non-hydrogen) atoms. The highest BCUT2D eigenvalue weighted by Crippen LogP contribution is 2.59. The van der Waals surface area contributed by atoms with Crippen molar-refractivity contribution in [2.75, 3.05) is 67.1 Å².